The van der Waals surface area contributed by atoms with Gasteiger partial charge in [0.05, 0.1) is 0 Å². The Kier molecular flexibility index (Phi) is 4.27. The third-order valence-corrected chi connectivity index (χ3v) is 4.20. The van der Waals surface area contributed by atoms with E-state index in [4.69, 9.17) is 5.84 Å². The Balaban J connectivity index is 2.34. The molecule has 1 aliphatic heterocycles. The topological polar surface area (TPSA) is 83.2 Å². The molecule has 1 fully saturated rings. The van der Waals surface area contributed by atoms with Gasteiger partial charge in [-0.25, -0.2) is 5.84 Å². The number of hydrazine groups is 1. The van der Waals surface area contributed by atoms with Crippen LogP contribution in [-0.2, 0) is 0 Å². The molecule has 1 saturated heterocycles. The summed E-state index contributed by atoms with van der Waals surface area (Å²) in [6, 6.07) is 0. The average Bonchev–Trinajstić information content (AvgIpc) is 3.00. The third kappa shape index (κ3) is 2.92. The number of aromatic nitrogens is 3. The smallest absolute Gasteiger partial charge is 0.243 e. The molecule has 0 aromatic carbocycles. The zero-order valence-electron chi connectivity index (χ0n) is 12.8. The molecule has 1 aromatic rings. The van der Waals surface area contributed by atoms with Gasteiger partial charge in [-0.1, -0.05) is 6.92 Å². The number of anilines is 3. The van der Waals surface area contributed by atoms with Gasteiger partial charge in [-0.15, -0.1) is 0 Å². The van der Waals surface area contributed by atoms with E-state index in [1.165, 1.54) is 12.8 Å². The van der Waals surface area contributed by atoms with Crippen molar-refractivity contribution >= 4 is 17.8 Å². The highest BCUT2D eigenvalue weighted by Crippen LogP contribution is 2.25. The predicted octanol–water partition coefficient (Wildman–Crippen LogP) is 1.38. The number of nitrogens with two attached hydrogens (primary N) is 1. The maximum Gasteiger partial charge on any atom is 0.243 e. The quantitative estimate of drug-likeness (QED) is 0.622. The summed E-state index contributed by atoms with van der Waals surface area (Å²) in [6.45, 7) is 8.48. The Morgan fingerprint density at radius 1 is 1.25 bits per heavy atom. The first-order valence-electron chi connectivity index (χ1n) is 7.19. The average molecular weight is 279 g/mol. The van der Waals surface area contributed by atoms with Crippen LogP contribution < -0.4 is 21.1 Å². The van der Waals surface area contributed by atoms with E-state index in [1.54, 1.807) is 0 Å². The summed E-state index contributed by atoms with van der Waals surface area (Å²) in [5.74, 6) is 7.26. The summed E-state index contributed by atoms with van der Waals surface area (Å²) in [6.07, 6.45) is 3.37. The van der Waals surface area contributed by atoms with Gasteiger partial charge in [0.15, 0.2) is 0 Å². The Bertz CT molecular complexity index is 454. The van der Waals surface area contributed by atoms with Crippen LogP contribution in [0.25, 0.3) is 0 Å². The standard InChI is InChI=1S/C13H25N7/c1-5-13(2,3)19(4)11-15-10(18-14)16-12(17-11)20-8-6-7-9-20/h5-9,14H2,1-4H3,(H,15,16,17,18). The normalized spacial score (nSPS) is 15.6. The summed E-state index contributed by atoms with van der Waals surface area (Å²) in [5, 5.41) is 0. The van der Waals surface area contributed by atoms with Crippen LogP contribution >= 0.6 is 0 Å². The molecule has 0 spiro atoms. The van der Waals surface area contributed by atoms with Gasteiger partial charge in [-0.2, -0.15) is 15.0 Å². The fourth-order valence-electron chi connectivity index (χ4n) is 2.13. The highest BCUT2D eigenvalue weighted by Gasteiger charge is 2.26. The molecule has 2 rings (SSSR count). The lowest BCUT2D eigenvalue weighted by molar-refractivity contribution is 0.463. The highest BCUT2D eigenvalue weighted by atomic mass is 15.4. The summed E-state index contributed by atoms with van der Waals surface area (Å²) in [5.41, 5.74) is 2.52. The molecular formula is C13H25N7. The van der Waals surface area contributed by atoms with Gasteiger partial charge in [-0.05, 0) is 33.1 Å². The summed E-state index contributed by atoms with van der Waals surface area (Å²) < 4.78 is 0. The summed E-state index contributed by atoms with van der Waals surface area (Å²) in [4.78, 5) is 17.6. The van der Waals surface area contributed by atoms with Crippen molar-refractivity contribution < 1.29 is 0 Å². The molecule has 112 valence electrons. The number of nitrogen functional groups attached to an aromatic ring is 1. The first-order chi connectivity index (χ1) is 9.47. The van der Waals surface area contributed by atoms with E-state index in [2.05, 4.69) is 50.9 Å². The second kappa shape index (κ2) is 5.78. The lowest BCUT2D eigenvalue weighted by Crippen LogP contribution is -2.42. The van der Waals surface area contributed by atoms with Crippen LogP contribution in [0, 0.1) is 0 Å². The van der Waals surface area contributed by atoms with Crippen LogP contribution in [0.1, 0.15) is 40.0 Å². The minimum absolute atomic E-state index is 0.0184. The Labute approximate surface area is 120 Å². The molecule has 20 heavy (non-hydrogen) atoms. The fraction of sp³-hybridized carbons (Fsp3) is 0.769. The second-order valence-corrected chi connectivity index (χ2v) is 5.82. The SMILES string of the molecule is CCC(C)(C)N(C)c1nc(NN)nc(N2CCCC2)n1. The van der Waals surface area contributed by atoms with E-state index in [-0.39, 0.29) is 5.54 Å². The number of hydrogen-bond donors (Lipinski definition) is 2. The molecule has 2 heterocycles. The molecule has 1 aromatic heterocycles. The van der Waals surface area contributed by atoms with Crippen molar-refractivity contribution in [3.63, 3.8) is 0 Å². The molecule has 0 unspecified atom stereocenters. The largest absolute Gasteiger partial charge is 0.341 e. The van der Waals surface area contributed by atoms with Crippen LogP contribution in [0.15, 0.2) is 0 Å². The molecule has 0 bridgehead atoms. The van der Waals surface area contributed by atoms with Crippen molar-refractivity contribution in [3.8, 4) is 0 Å². The molecule has 0 atom stereocenters. The molecule has 0 saturated carbocycles. The van der Waals surface area contributed by atoms with Crippen molar-refractivity contribution in [2.45, 2.75) is 45.6 Å². The molecular weight excluding hydrogens is 254 g/mol. The van der Waals surface area contributed by atoms with Crippen molar-refractivity contribution in [1.82, 2.24) is 15.0 Å². The fourth-order valence-corrected chi connectivity index (χ4v) is 2.13. The molecule has 1 aliphatic rings. The monoisotopic (exact) mass is 279 g/mol. The van der Waals surface area contributed by atoms with E-state index < -0.39 is 0 Å². The van der Waals surface area contributed by atoms with Gasteiger partial charge < -0.3 is 9.80 Å². The lowest BCUT2D eigenvalue weighted by Gasteiger charge is -2.35. The van der Waals surface area contributed by atoms with Crippen molar-refractivity contribution in [2.75, 3.05) is 35.4 Å². The molecule has 0 amide bonds. The van der Waals surface area contributed by atoms with E-state index in [1.807, 2.05) is 7.05 Å². The second-order valence-electron chi connectivity index (χ2n) is 5.82. The lowest BCUT2D eigenvalue weighted by atomic mass is 10.0. The molecule has 7 heteroatoms. The number of nitrogens with one attached hydrogen (secondary N) is 1. The number of nitrogens with zero attached hydrogens (tertiary/aromatic N) is 5. The van der Waals surface area contributed by atoms with Crippen LogP contribution in [0.2, 0.25) is 0 Å². The van der Waals surface area contributed by atoms with Gasteiger partial charge >= 0.3 is 0 Å². The molecule has 7 nitrogen and oxygen atoms in total. The predicted molar refractivity (Wildman–Crippen MR) is 81.9 cm³/mol. The molecule has 0 aliphatic carbocycles. The number of hydrogen-bond acceptors (Lipinski definition) is 7. The van der Waals surface area contributed by atoms with Crippen molar-refractivity contribution in [2.24, 2.45) is 5.84 Å². The van der Waals surface area contributed by atoms with Crippen LogP contribution in [0.5, 0.6) is 0 Å². The van der Waals surface area contributed by atoms with Crippen LogP contribution in [0.3, 0.4) is 0 Å². The maximum absolute atomic E-state index is 5.49. The summed E-state index contributed by atoms with van der Waals surface area (Å²) in [7, 11) is 2.01. The maximum atomic E-state index is 5.49. The van der Waals surface area contributed by atoms with Gasteiger partial charge in [0.25, 0.3) is 0 Å². The van der Waals surface area contributed by atoms with Crippen molar-refractivity contribution in [1.29, 1.82) is 0 Å². The van der Waals surface area contributed by atoms with Crippen molar-refractivity contribution in [3.05, 3.63) is 0 Å². The zero-order valence-corrected chi connectivity index (χ0v) is 12.8. The molecule has 0 radical (unpaired) electrons. The van der Waals surface area contributed by atoms with E-state index in [0.29, 0.717) is 17.8 Å². The zero-order chi connectivity index (χ0) is 14.8. The minimum atomic E-state index is -0.0184. The van der Waals surface area contributed by atoms with Gasteiger partial charge in [0, 0.05) is 25.7 Å². The number of rotatable bonds is 5. The van der Waals surface area contributed by atoms with Gasteiger partial charge in [0.2, 0.25) is 17.8 Å². The van der Waals surface area contributed by atoms with E-state index >= 15 is 0 Å². The van der Waals surface area contributed by atoms with Crippen LogP contribution in [0.4, 0.5) is 17.8 Å². The summed E-state index contributed by atoms with van der Waals surface area (Å²) >= 11 is 0. The Morgan fingerprint density at radius 2 is 1.90 bits per heavy atom. The first-order valence-corrected chi connectivity index (χ1v) is 7.19. The van der Waals surface area contributed by atoms with Gasteiger partial charge in [0.1, 0.15) is 0 Å². The highest BCUT2D eigenvalue weighted by molar-refractivity contribution is 5.46. The van der Waals surface area contributed by atoms with Gasteiger partial charge in [-0.3, -0.25) is 5.43 Å². The first kappa shape index (κ1) is 14.8. The molecule has 3 N–H and O–H groups in total. The Morgan fingerprint density at radius 3 is 2.45 bits per heavy atom. The van der Waals surface area contributed by atoms with E-state index in [0.717, 1.165) is 19.5 Å². The Hall–Kier alpha value is -1.63. The van der Waals surface area contributed by atoms with E-state index in [9.17, 15) is 0 Å². The third-order valence-electron chi connectivity index (χ3n) is 4.20. The van der Waals surface area contributed by atoms with Crippen LogP contribution in [-0.4, -0.2) is 40.6 Å². The minimum Gasteiger partial charge on any atom is -0.341 e.